The highest BCUT2D eigenvalue weighted by molar-refractivity contribution is 5.95. The molecule has 19 heavy (non-hydrogen) atoms. The van der Waals surface area contributed by atoms with Gasteiger partial charge in [0.25, 0.3) is 5.91 Å². The Morgan fingerprint density at radius 3 is 2.89 bits per heavy atom. The van der Waals surface area contributed by atoms with E-state index in [0.29, 0.717) is 11.3 Å². The molecule has 5 heteroatoms. The number of furan rings is 1. The Labute approximate surface area is 114 Å². The molecule has 5 nitrogen and oxygen atoms in total. The molecule has 0 radical (unpaired) electrons. The molecule has 1 saturated heterocycles. The zero-order valence-electron chi connectivity index (χ0n) is 11.6. The zero-order valence-corrected chi connectivity index (χ0v) is 11.6. The molecule has 2 rings (SSSR count). The van der Waals surface area contributed by atoms with E-state index in [-0.39, 0.29) is 5.91 Å². The normalized spacial score (nSPS) is 17.5. The van der Waals surface area contributed by atoms with Gasteiger partial charge in [-0.05, 0) is 45.5 Å². The van der Waals surface area contributed by atoms with Crippen molar-refractivity contribution < 1.29 is 9.21 Å². The van der Waals surface area contributed by atoms with Crippen molar-refractivity contribution in [1.82, 2.24) is 9.80 Å². The molecule has 0 unspecified atom stereocenters. The number of aryl methyl sites for hydroxylation is 1. The van der Waals surface area contributed by atoms with Crippen molar-refractivity contribution in [3.8, 4) is 0 Å². The summed E-state index contributed by atoms with van der Waals surface area (Å²) in [5.41, 5.74) is 6.23. The molecule has 2 heterocycles. The third-order valence-electron chi connectivity index (χ3n) is 3.64. The molecule has 0 spiro atoms. The van der Waals surface area contributed by atoms with E-state index in [1.54, 1.807) is 12.3 Å². The molecule has 0 aliphatic carbocycles. The second kappa shape index (κ2) is 6.73. The first-order chi connectivity index (χ1) is 9.22. The van der Waals surface area contributed by atoms with Crippen LogP contribution < -0.4 is 5.73 Å². The topological polar surface area (TPSA) is 62.7 Å². The second-order valence-corrected chi connectivity index (χ2v) is 5.02. The minimum absolute atomic E-state index is 0.0897. The molecule has 2 N–H and O–H groups in total. The third kappa shape index (κ3) is 3.58. The van der Waals surface area contributed by atoms with E-state index >= 15 is 0 Å². The number of carbonyl (C=O) groups excluding carboxylic acids is 1. The highest BCUT2D eigenvalue weighted by Gasteiger charge is 2.22. The maximum Gasteiger partial charge on any atom is 0.257 e. The van der Waals surface area contributed by atoms with Crippen molar-refractivity contribution >= 4 is 5.91 Å². The van der Waals surface area contributed by atoms with Gasteiger partial charge in [0.15, 0.2) is 0 Å². The Balaban J connectivity index is 1.92. The molecule has 0 aromatic carbocycles. The minimum Gasteiger partial charge on any atom is -0.469 e. The Kier molecular flexibility index (Phi) is 4.99. The molecule has 0 bridgehead atoms. The van der Waals surface area contributed by atoms with Crippen molar-refractivity contribution in [2.24, 2.45) is 5.73 Å². The fourth-order valence-electron chi connectivity index (χ4n) is 2.49. The SMILES string of the molecule is Cc1occc1C(=O)N1CCCN(CCCN)CC1. The van der Waals surface area contributed by atoms with Crippen LogP contribution in [0.4, 0.5) is 0 Å². The largest absolute Gasteiger partial charge is 0.469 e. The summed E-state index contributed by atoms with van der Waals surface area (Å²) in [5.74, 6) is 0.793. The summed E-state index contributed by atoms with van der Waals surface area (Å²) >= 11 is 0. The molecular formula is C14H23N3O2. The number of amides is 1. The van der Waals surface area contributed by atoms with Crippen LogP contribution in [0.25, 0.3) is 0 Å². The van der Waals surface area contributed by atoms with Gasteiger partial charge in [0.2, 0.25) is 0 Å². The van der Waals surface area contributed by atoms with E-state index in [0.717, 1.165) is 52.1 Å². The van der Waals surface area contributed by atoms with E-state index in [1.807, 2.05) is 11.8 Å². The zero-order chi connectivity index (χ0) is 13.7. The highest BCUT2D eigenvalue weighted by Crippen LogP contribution is 2.14. The molecular weight excluding hydrogens is 242 g/mol. The van der Waals surface area contributed by atoms with E-state index < -0.39 is 0 Å². The molecule has 1 aliphatic rings. The lowest BCUT2D eigenvalue weighted by molar-refractivity contribution is 0.0759. The number of nitrogens with two attached hydrogens (primary N) is 1. The van der Waals surface area contributed by atoms with Crippen molar-refractivity contribution in [2.45, 2.75) is 19.8 Å². The van der Waals surface area contributed by atoms with Gasteiger partial charge in [-0.3, -0.25) is 4.79 Å². The summed E-state index contributed by atoms with van der Waals surface area (Å²) in [6.07, 6.45) is 3.62. The van der Waals surface area contributed by atoms with Crippen molar-refractivity contribution in [2.75, 3.05) is 39.3 Å². The standard InChI is InChI=1S/C14H23N3O2/c1-12-13(4-11-19-12)14(18)17-8-3-7-16(9-10-17)6-2-5-15/h4,11H,2-3,5-10,15H2,1H3. The highest BCUT2D eigenvalue weighted by atomic mass is 16.3. The fourth-order valence-corrected chi connectivity index (χ4v) is 2.49. The summed E-state index contributed by atoms with van der Waals surface area (Å²) in [6, 6.07) is 1.76. The Bertz CT molecular complexity index is 417. The quantitative estimate of drug-likeness (QED) is 0.885. The predicted octanol–water partition coefficient (Wildman–Crippen LogP) is 1.08. The molecule has 0 saturated carbocycles. The predicted molar refractivity (Wildman–Crippen MR) is 74.1 cm³/mol. The van der Waals surface area contributed by atoms with Crippen LogP contribution in [0, 0.1) is 6.92 Å². The van der Waals surface area contributed by atoms with Gasteiger partial charge in [0.05, 0.1) is 11.8 Å². The maximum atomic E-state index is 12.4. The Morgan fingerprint density at radius 2 is 2.21 bits per heavy atom. The van der Waals surface area contributed by atoms with Gasteiger partial charge in [-0.25, -0.2) is 0 Å². The lowest BCUT2D eigenvalue weighted by atomic mass is 10.2. The third-order valence-corrected chi connectivity index (χ3v) is 3.64. The van der Waals surface area contributed by atoms with E-state index in [2.05, 4.69) is 4.90 Å². The van der Waals surface area contributed by atoms with Gasteiger partial charge in [-0.15, -0.1) is 0 Å². The smallest absolute Gasteiger partial charge is 0.257 e. The summed E-state index contributed by atoms with van der Waals surface area (Å²) in [5, 5.41) is 0. The van der Waals surface area contributed by atoms with Crippen LogP contribution in [0.1, 0.15) is 29.0 Å². The van der Waals surface area contributed by atoms with Gasteiger partial charge in [-0.2, -0.15) is 0 Å². The van der Waals surface area contributed by atoms with Crippen LogP contribution in [0.3, 0.4) is 0 Å². The molecule has 106 valence electrons. The van der Waals surface area contributed by atoms with E-state index in [9.17, 15) is 4.79 Å². The number of nitrogens with zero attached hydrogens (tertiary/aromatic N) is 2. The monoisotopic (exact) mass is 265 g/mol. The lowest BCUT2D eigenvalue weighted by Gasteiger charge is -2.21. The number of hydrogen-bond acceptors (Lipinski definition) is 4. The van der Waals surface area contributed by atoms with E-state index in [1.165, 1.54) is 0 Å². The van der Waals surface area contributed by atoms with Crippen LogP contribution in [0.15, 0.2) is 16.7 Å². The summed E-state index contributed by atoms with van der Waals surface area (Å²) in [6.45, 7) is 7.18. The molecule has 0 atom stereocenters. The first-order valence-electron chi connectivity index (χ1n) is 6.98. The molecule has 1 aromatic rings. The van der Waals surface area contributed by atoms with Gasteiger partial charge in [0, 0.05) is 19.6 Å². The summed E-state index contributed by atoms with van der Waals surface area (Å²) < 4.78 is 5.21. The van der Waals surface area contributed by atoms with Crippen LogP contribution in [0.2, 0.25) is 0 Å². The molecule has 1 aromatic heterocycles. The Morgan fingerprint density at radius 1 is 1.37 bits per heavy atom. The van der Waals surface area contributed by atoms with Crippen LogP contribution in [-0.4, -0.2) is 55.0 Å². The summed E-state index contributed by atoms with van der Waals surface area (Å²) in [4.78, 5) is 16.7. The van der Waals surface area contributed by atoms with Gasteiger partial charge >= 0.3 is 0 Å². The van der Waals surface area contributed by atoms with Crippen LogP contribution in [0.5, 0.6) is 0 Å². The molecule has 1 fully saturated rings. The first-order valence-corrected chi connectivity index (χ1v) is 6.98. The van der Waals surface area contributed by atoms with Gasteiger partial charge in [-0.1, -0.05) is 0 Å². The van der Waals surface area contributed by atoms with Crippen molar-refractivity contribution in [3.05, 3.63) is 23.7 Å². The van der Waals surface area contributed by atoms with Crippen LogP contribution in [-0.2, 0) is 0 Å². The molecule has 1 aliphatic heterocycles. The van der Waals surface area contributed by atoms with Gasteiger partial charge in [0.1, 0.15) is 5.76 Å². The minimum atomic E-state index is 0.0897. The average molecular weight is 265 g/mol. The second-order valence-electron chi connectivity index (χ2n) is 5.02. The van der Waals surface area contributed by atoms with Crippen molar-refractivity contribution in [3.63, 3.8) is 0 Å². The van der Waals surface area contributed by atoms with Gasteiger partial charge < -0.3 is 20.0 Å². The number of hydrogen-bond donors (Lipinski definition) is 1. The average Bonchev–Trinajstić information content (AvgIpc) is 2.71. The number of carbonyl (C=O) groups is 1. The van der Waals surface area contributed by atoms with E-state index in [4.69, 9.17) is 10.2 Å². The maximum absolute atomic E-state index is 12.4. The Hall–Kier alpha value is -1.33. The number of rotatable bonds is 4. The molecule has 1 amide bonds. The summed E-state index contributed by atoms with van der Waals surface area (Å²) in [7, 11) is 0. The first kappa shape index (κ1) is 14.1. The fraction of sp³-hybridized carbons (Fsp3) is 0.643. The van der Waals surface area contributed by atoms with Crippen molar-refractivity contribution in [1.29, 1.82) is 0 Å². The van der Waals surface area contributed by atoms with Crippen LogP contribution >= 0.6 is 0 Å². The lowest BCUT2D eigenvalue weighted by Crippen LogP contribution is -2.35.